The normalized spacial score (nSPS) is 11.9. The zero-order chi connectivity index (χ0) is 33.5. The van der Waals surface area contributed by atoms with E-state index in [9.17, 15) is 0 Å². The fourth-order valence-corrected chi connectivity index (χ4v) is 9.05. The first-order chi connectivity index (χ1) is 25.3. The summed E-state index contributed by atoms with van der Waals surface area (Å²) in [6.07, 6.45) is 0. The lowest BCUT2D eigenvalue weighted by atomic mass is 10.0. The summed E-state index contributed by atoms with van der Waals surface area (Å²) >= 11 is 1.83. The van der Waals surface area contributed by atoms with Crippen LogP contribution in [-0.2, 0) is 0 Å². The van der Waals surface area contributed by atoms with Gasteiger partial charge < -0.3 is 4.57 Å². The number of nitrogens with zero attached hydrogens (tertiary/aromatic N) is 4. The van der Waals surface area contributed by atoms with Crippen LogP contribution in [0.5, 0.6) is 0 Å². The van der Waals surface area contributed by atoms with Crippen molar-refractivity contribution in [3.8, 4) is 34.2 Å². The second-order valence-electron chi connectivity index (χ2n) is 13.0. The third kappa shape index (κ3) is 4.25. The highest BCUT2D eigenvalue weighted by Crippen LogP contribution is 2.42. The highest BCUT2D eigenvalue weighted by atomic mass is 32.1. The molecule has 4 heterocycles. The lowest BCUT2D eigenvalue weighted by molar-refractivity contribution is 0.997. The van der Waals surface area contributed by atoms with Crippen LogP contribution in [0.25, 0.3) is 97.9 Å². The third-order valence-electron chi connectivity index (χ3n) is 10.1. The molecule has 0 atom stereocenters. The Bertz CT molecular complexity index is 3130. The predicted molar refractivity (Wildman–Crippen MR) is 214 cm³/mol. The molecule has 0 aliphatic carbocycles. The molecule has 0 aliphatic rings. The molecule has 0 N–H and O–H groups in total. The van der Waals surface area contributed by atoms with Crippen molar-refractivity contribution in [3.63, 3.8) is 0 Å². The Morgan fingerprint density at radius 2 is 0.961 bits per heavy atom. The maximum absolute atomic E-state index is 5.45. The van der Waals surface area contributed by atoms with Crippen molar-refractivity contribution in [1.29, 1.82) is 0 Å². The molecule has 0 spiro atoms. The van der Waals surface area contributed by atoms with Crippen molar-refractivity contribution < 1.29 is 0 Å². The molecule has 0 radical (unpaired) electrons. The molecule has 0 fully saturated rings. The minimum absolute atomic E-state index is 0.653. The number of aromatic nitrogens is 4. The van der Waals surface area contributed by atoms with Crippen LogP contribution in [0.1, 0.15) is 0 Å². The molecule has 238 valence electrons. The van der Waals surface area contributed by atoms with Crippen LogP contribution in [0.2, 0.25) is 0 Å². The van der Waals surface area contributed by atoms with Crippen LogP contribution < -0.4 is 0 Å². The molecule has 0 aliphatic heterocycles. The molecule has 0 unspecified atom stereocenters. The van der Waals surface area contributed by atoms with Gasteiger partial charge in [0, 0.05) is 58.5 Å². The van der Waals surface area contributed by atoms with E-state index in [0.717, 1.165) is 39.2 Å². The maximum atomic E-state index is 5.45. The van der Waals surface area contributed by atoms with Crippen molar-refractivity contribution in [3.05, 3.63) is 170 Å². The predicted octanol–water partition coefficient (Wildman–Crippen LogP) is 12.4. The second kappa shape index (κ2) is 11.0. The number of hydrogen-bond acceptors (Lipinski definition) is 3. The summed E-state index contributed by atoms with van der Waals surface area (Å²) < 4.78 is 7.18. The van der Waals surface area contributed by atoms with Crippen LogP contribution in [0, 0.1) is 0 Å². The van der Waals surface area contributed by atoms with Crippen LogP contribution in [-0.4, -0.2) is 19.1 Å². The first-order valence-corrected chi connectivity index (χ1v) is 18.0. The molecule has 4 nitrogen and oxygen atoms in total. The topological polar surface area (TPSA) is 35.6 Å². The number of para-hydroxylation sites is 3. The van der Waals surface area contributed by atoms with Crippen LogP contribution >= 0.6 is 11.3 Å². The summed E-state index contributed by atoms with van der Waals surface area (Å²) in [6.45, 7) is 0. The number of thiophene rings is 1. The Kier molecular flexibility index (Phi) is 6.09. The van der Waals surface area contributed by atoms with Crippen LogP contribution in [0.4, 0.5) is 0 Å². The number of fused-ring (bicyclic) bond motifs is 9. The Labute approximate surface area is 297 Å². The standard InChI is InChI=1S/C46H28N4S/c1-3-14-29(15-4-1)37-28-38(33-21-13-25-44-45(33)34-20-9-12-24-43(34)51-44)48-46(47-37)50-40-23-11-8-19-32(40)36-26-41-35(27-42(36)50)31-18-7-10-22-39(31)49(41)30-16-5-2-6-17-30/h1-28H. The SMILES string of the molecule is c1ccc(-c2cc(-c3cccc4sc5ccccc5c34)nc(-n3c4ccccc4c4cc5c(cc43)c3ccccc3n5-c3ccccc3)n2)cc1. The van der Waals surface area contributed by atoms with E-state index in [1.807, 2.05) is 11.3 Å². The van der Waals surface area contributed by atoms with E-state index in [2.05, 4.69) is 179 Å². The van der Waals surface area contributed by atoms with Crippen molar-refractivity contribution in [2.24, 2.45) is 0 Å². The Morgan fingerprint density at radius 3 is 1.71 bits per heavy atom. The van der Waals surface area contributed by atoms with Crippen molar-refractivity contribution in [2.75, 3.05) is 0 Å². The van der Waals surface area contributed by atoms with Gasteiger partial charge in [0.15, 0.2) is 0 Å². The van der Waals surface area contributed by atoms with E-state index < -0.39 is 0 Å². The number of benzene rings is 7. The van der Waals surface area contributed by atoms with E-state index in [-0.39, 0.29) is 0 Å². The number of rotatable bonds is 4. The highest BCUT2D eigenvalue weighted by Gasteiger charge is 2.21. The van der Waals surface area contributed by atoms with Crippen molar-refractivity contribution in [2.45, 2.75) is 0 Å². The van der Waals surface area contributed by atoms with Gasteiger partial charge in [0.1, 0.15) is 0 Å². The lowest BCUT2D eigenvalue weighted by Crippen LogP contribution is -2.04. The second-order valence-corrected chi connectivity index (χ2v) is 14.1. The van der Waals surface area contributed by atoms with Crippen molar-refractivity contribution in [1.82, 2.24) is 19.1 Å². The van der Waals surface area contributed by atoms with Crippen molar-refractivity contribution >= 4 is 75.1 Å². The Balaban J connectivity index is 1.25. The summed E-state index contributed by atoms with van der Waals surface area (Å²) in [4.78, 5) is 10.8. The quantitative estimate of drug-likeness (QED) is 0.187. The molecule has 11 rings (SSSR count). The summed E-state index contributed by atoms with van der Waals surface area (Å²) in [5, 5.41) is 7.23. The lowest BCUT2D eigenvalue weighted by Gasteiger charge is -2.13. The van der Waals surface area contributed by atoms with Gasteiger partial charge in [-0.15, -0.1) is 11.3 Å². The van der Waals surface area contributed by atoms with E-state index in [1.165, 1.54) is 52.8 Å². The van der Waals surface area contributed by atoms with Crippen LogP contribution in [0.3, 0.4) is 0 Å². The van der Waals surface area contributed by atoms with Gasteiger partial charge in [0.25, 0.3) is 0 Å². The minimum Gasteiger partial charge on any atom is -0.309 e. The average molecular weight is 669 g/mol. The Morgan fingerprint density at radius 1 is 0.392 bits per heavy atom. The molecule has 0 amide bonds. The van der Waals surface area contributed by atoms with E-state index >= 15 is 0 Å². The van der Waals surface area contributed by atoms with Crippen LogP contribution in [0.15, 0.2) is 170 Å². The Hall–Kier alpha value is -6.56. The highest BCUT2D eigenvalue weighted by molar-refractivity contribution is 7.25. The van der Waals surface area contributed by atoms with Gasteiger partial charge >= 0.3 is 0 Å². The number of hydrogen-bond donors (Lipinski definition) is 0. The molecular formula is C46H28N4S. The molecule has 5 heteroatoms. The molecule has 7 aromatic carbocycles. The van der Waals surface area contributed by atoms with Gasteiger partial charge in [-0.2, -0.15) is 0 Å². The molecule has 11 aromatic rings. The average Bonchev–Trinajstić information content (AvgIpc) is 3.85. The van der Waals surface area contributed by atoms with Gasteiger partial charge in [0.2, 0.25) is 5.95 Å². The van der Waals surface area contributed by atoms with Gasteiger partial charge in [-0.3, -0.25) is 4.57 Å². The largest absolute Gasteiger partial charge is 0.309 e. The first-order valence-electron chi connectivity index (χ1n) is 17.2. The molecule has 0 saturated heterocycles. The molecule has 51 heavy (non-hydrogen) atoms. The summed E-state index contributed by atoms with van der Waals surface area (Å²) in [5.41, 5.74) is 9.61. The van der Waals surface area contributed by atoms with E-state index in [0.29, 0.717) is 5.95 Å². The zero-order valence-corrected chi connectivity index (χ0v) is 28.2. The van der Waals surface area contributed by atoms with Gasteiger partial charge in [-0.25, -0.2) is 9.97 Å². The molecule has 4 aromatic heterocycles. The molecule has 0 bridgehead atoms. The summed E-state index contributed by atoms with van der Waals surface area (Å²) in [7, 11) is 0. The first kappa shape index (κ1) is 28.3. The third-order valence-corrected chi connectivity index (χ3v) is 11.3. The minimum atomic E-state index is 0.653. The molecule has 0 saturated carbocycles. The summed E-state index contributed by atoms with van der Waals surface area (Å²) in [6, 6.07) is 60.5. The summed E-state index contributed by atoms with van der Waals surface area (Å²) in [5.74, 6) is 0.653. The zero-order valence-electron chi connectivity index (χ0n) is 27.4. The van der Waals surface area contributed by atoms with Gasteiger partial charge in [-0.1, -0.05) is 115 Å². The van der Waals surface area contributed by atoms with Gasteiger partial charge in [0.05, 0.1) is 33.5 Å². The maximum Gasteiger partial charge on any atom is 0.235 e. The van der Waals surface area contributed by atoms with E-state index in [4.69, 9.17) is 9.97 Å². The monoisotopic (exact) mass is 668 g/mol. The smallest absolute Gasteiger partial charge is 0.235 e. The van der Waals surface area contributed by atoms with Gasteiger partial charge in [-0.05, 0) is 54.6 Å². The fourth-order valence-electron chi connectivity index (χ4n) is 7.92. The fraction of sp³-hybridized carbons (Fsp3) is 0. The van der Waals surface area contributed by atoms with E-state index in [1.54, 1.807) is 0 Å². The molecular weight excluding hydrogens is 641 g/mol.